The summed E-state index contributed by atoms with van der Waals surface area (Å²) in [7, 11) is 1.60. The summed E-state index contributed by atoms with van der Waals surface area (Å²) >= 11 is 6.20. The molecule has 0 aliphatic rings. The maximum Gasteiger partial charge on any atom is 0.242 e. The van der Waals surface area contributed by atoms with E-state index in [1.807, 2.05) is 55.5 Å². The number of carbonyl (C=O) groups excluding carboxylic acids is 2. The summed E-state index contributed by atoms with van der Waals surface area (Å²) in [5, 5.41) is 3.44. The van der Waals surface area contributed by atoms with Crippen molar-refractivity contribution < 1.29 is 14.3 Å². The van der Waals surface area contributed by atoms with Crippen LogP contribution in [0.1, 0.15) is 31.4 Å². The summed E-state index contributed by atoms with van der Waals surface area (Å²) in [6, 6.07) is 14.4. The SMILES string of the molecule is CCNC(=O)[C@H](C)N(Cc1cccc(OC)c1)C(=O)CCc1ccccc1Cl. The van der Waals surface area contributed by atoms with Crippen molar-refractivity contribution in [1.82, 2.24) is 10.2 Å². The van der Waals surface area contributed by atoms with Crippen LogP contribution in [0.2, 0.25) is 5.02 Å². The molecule has 2 rings (SSSR count). The lowest BCUT2D eigenvalue weighted by molar-refractivity contribution is -0.140. The topological polar surface area (TPSA) is 58.6 Å². The molecule has 1 N–H and O–H groups in total. The van der Waals surface area contributed by atoms with E-state index in [2.05, 4.69) is 5.32 Å². The van der Waals surface area contributed by atoms with Crippen LogP contribution in [-0.2, 0) is 22.6 Å². The zero-order valence-corrected chi connectivity index (χ0v) is 17.3. The van der Waals surface area contributed by atoms with Crippen molar-refractivity contribution in [3.8, 4) is 5.75 Å². The molecular formula is C22H27ClN2O3. The lowest BCUT2D eigenvalue weighted by Gasteiger charge is -2.29. The summed E-state index contributed by atoms with van der Waals surface area (Å²) in [6.07, 6.45) is 0.798. The number of ether oxygens (including phenoxy) is 1. The number of benzene rings is 2. The number of nitrogens with zero attached hydrogens (tertiary/aromatic N) is 1. The van der Waals surface area contributed by atoms with E-state index in [1.54, 1.807) is 18.9 Å². The lowest BCUT2D eigenvalue weighted by atomic mass is 10.1. The zero-order chi connectivity index (χ0) is 20.5. The highest BCUT2D eigenvalue weighted by atomic mass is 35.5. The number of likely N-dealkylation sites (N-methyl/N-ethyl adjacent to an activating group) is 1. The Bertz CT molecular complexity index is 810. The molecule has 150 valence electrons. The normalized spacial score (nSPS) is 11.6. The zero-order valence-electron chi connectivity index (χ0n) is 16.6. The second-order valence-corrected chi connectivity index (χ2v) is 6.94. The van der Waals surface area contributed by atoms with Gasteiger partial charge in [0.2, 0.25) is 11.8 Å². The number of halogens is 1. The number of carbonyl (C=O) groups is 2. The Hall–Kier alpha value is -2.53. The second-order valence-electron chi connectivity index (χ2n) is 6.54. The number of aryl methyl sites for hydroxylation is 1. The van der Waals surface area contributed by atoms with Crippen LogP contribution in [0.5, 0.6) is 5.75 Å². The lowest BCUT2D eigenvalue weighted by Crippen LogP contribution is -2.47. The number of amides is 2. The van der Waals surface area contributed by atoms with E-state index in [4.69, 9.17) is 16.3 Å². The molecule has 0 aliphatic carbocycles. The standard InChI is InChI=1S/C22H27ClN2O3/c1-4-24-22(27)16(2)25(15-17-8-7-10-19(14-17)28-3)21(26)13-12-18-9-5-6-11-20(18)23/h5-11,14,16H,4,12-13,15H2,1-3H3,(H,24,27)/t16-/m0/s1. The maximum atomic E-state index is 13.0. The van der Waals surface area contributed by atoms with Crippen LogP contribution in [0.25, 0.3) is 0 Å². The summed E-state index contributed by atoms with van der Waals surface area (Å²) in [6.45, 7) is 4.45. The highest BCUT2D eigenvalue weighted by Gasteiger charge is 2.25. The maximum absolute atomic E-state index is 13.0. The van der Waals surface area contributed by atoms with Gasteiger partial charge >= 0.3 is 0 Å². The van der Waals surface area contributed by atoms with E-state index in [0.717, 1.165) is 11.1 Å². The number of hydrogen-bond donors (Lipinski definition) is 1. The second kappa shape index (κ2) is 10.7. The highest BCUT2D eigenvalue weighted by molar-refractivity contribution is 6.31. The van der Waals surface area contributed by atoms with E-state index < -0.39 is 6.04 Å². The van der Waals surface area contributed by atoms with E-state index in [-0.39, 0.29) is 18.2 Å². The van der Waals surface area contributed by atoms with Crippen LogP contribution in [0.3, 0.4) is 0 Å². The summed E-state index contributed by atoms with van der Waals surface area (Å²) in [5.74, 6) is 0.449. The molecular weight excluding hydrogens is 376 g/mol. The van der Waals surface area contributed by atoms with Crippen LogP contribution in [0.15, 0.2) is 48.5 Å². The van der Waals surface area contributed by atoms with Crippen LogP contribution < -0.4 is 10.1 Å². The first-order chi connectivity index (χ1) is 13.5. The summed E-state index contributed by atoms with van der Waals surface area (Å²) in [4.78, 5) is 27.0. The molecule has 2 aromatic rings. The molecule has 2 amide bonds. The van der Waals surface area contributed by atoms with Gasteiger partial charge in [0.05, 0.1) is 7.11 Å². The molecule has 0 heterocycles. The molecule has 0 radical (unpaired) electrons. The first-order valence-corrected chi connectivity index (χ1v) is 9.77. The summed E-state index contributed by atoms with van der Waals surface area (Å²) in [5.41, 5.74) is 1.83. The van der Waals surface area contributed by atoms with Gasteiger partial charge in [0, 0.05) is 24.5 Å². The Kier molecular flexibility index (Phi) is 8.33. The third-order valence-corrected chi connectivity index (χ3v) is 4.94. The molecule has 0 fully saturated rings. The Morgan fingerprint density at radius 2 is 1.93 bits per heavy atom. The molecule has 0 saturated heterocycles. The van der Waals surface area contributed by atoms with Gasteiger partial charge in [-0.15, -0.1) is 0 Å². The fourth-order valence-electron chi connectivity index (χ4n) is 2.96. The first-order valence-electron chi connectivity index (χ1n) is 9.39. The van der Waals surface area contributed by atoms with Gasteiger partial charge in [-0.05, 0) is 49.6 Å². The van der Waals surface area contributed by atoms with Crippen LogP contribution in [0.4, 0.5) is 0 Å². The van der Waals surface area contributed by atoms with Gasteiger partial charge in [-0.25, -0.2) is 0 Å². The van der Waals surface area contributed by atoms with Crippen LogP contribution >= 0.6 is 11.6 Å². The molecule has 0 aromatic heterocycles. The molecule has 5 nitrogen and oxygen atoms in total. The van der Waals surface area contributed by atoms with Gasteiger partial charge in [-0.3, -0.25) is 9.59 Å². The Morgan fingerprint density at radius 1 is 1.18 bits per heavy atom. The molecule has 0 aliphatic heterocycles. The number of nitrogens with one attached hydrogen (secondary N) is 1. The smallest absolute Gasteiger partial charge is 0.242 e. The number of hydrogen-bond acceptors (Lipinski definition) is 3. The number of rotatable bonds is 9. The van der Waals surface area contributed by atoms with Crippen molar-refractivity contribution in [2.75, 3.05) is 13.7 Å². The predicted octanol–water partition coefficient (Wildman–Crippen LogP) is 3.83. The third kappa shape index (κ3) is 5.99. The Morgan fingerprint density at radius 3 is 2.61 bits per heavy atom. The minimum absolute atomic E-state index is 0.0958. The van der Waals surface area contributed by atoms with Gasteiger partial charge in [-0.2, -0.15) is 0 Å². The molecule has 0 unspecified atom stereocenters. The van der Waals surface area contributed by atoms with Crippen molar-refractivity contribution in [1.29, 1.82) is 0 Å². The number of methoxy groups -OCH3 is 1. The van der Waals surface area contributed by atoms with Crippen molar-refractivity contribution in [2.45, 2.75) is 39.3 Å². The molecule has 0 spiro atoms. The van der Waals surface area contributed by atoms with Gasteiger partial charge in [0.25, 0.3) is 0 Å². The van der Waals surface area contributed by atoms with Gasteiger partial charge < -0.3 is 15.0 Å². The molecule has 28 heavy (non-hydrogen) atoms. The van der Waals surface area contributed by atoms with E-state index in [1.165, 1.54) is 0 Å². The average molecular weight is 403 g/mol. The van der Waals surface area contributed by atoms with Gasteiger partial charge in [0.1, 0.15) is 11.8 Å². The molecule has 6 heteroatoms. The Balaban J connectivity index is 2.17. The van der Waals surface area contributed by atoms with Gasteiger partial charge in [-0.1, -0.05) is 41.9 Å². The van der Waals surface area contributed by atoms with E-state index in [9.17, 15) is 9.59 Å². The minimum Gasteiger partial charge on any atom is -0.497 e. The molecule has 0 saturated carbocycles. The van der Waals surface area contributed by atoms with Crippen LogP contribution in [-0.4, -0.2) is 36.4 Å². The quantitative estimate of drug-likeness (QED) is 0.693. The monoisotopic (exact) mass is 402 g/mol. The van der Waals surface area contributed by atoms with Crippen molar-refractivity contribution in [2.24, 2.45) is 0 Å². The van der Waals surface area contributed by atoms with Crippen molar-refractivity contribution in [3.05, 3.63) is 64.7 Å². The fraction of sp³-hybridized carbons (Fsp3) is 0.364. The van der Waals surface area contributed by atoms with Gasteiger partial charge in [0.15, 0.2) is 0 Å². The largest absolute Gasteiger partial charge is 0.497 e. The Labute approximate surface area is 171 Å². The van der Waals surface area contributed by atoms with E-state index >= 15 is 0 Å². The van der Waals surface area contributed by atoms with E-state index in [0.29, 0.717) is 30.3 Å². The van der Waals surface area contributed by atoms with Crippen LogP contribution in [0, 0.1) is 0 Å². The average Bonchev–Trinajstić information content (AvgIpc) is 2.71. The van der Waals surface area contributed by atoms with Crippen molar-refractivity contribution >= 4 is 23.4 Å². The summed E-state index contributed by atoms with van der Waals surface area (Å²) < 4.78 is 5.26. The minimum atomic E-state index is -0.579. The predicted molar refractivity (Wildman–Crippen MR) is 111 cm³/mol. The third-order valence-electron chi connectivity index (χ3n) is 4.57. The molecule has 1 atom stereocenters. The fourth-order valence-corrected chi connectivity index (χ4v) is 3.19. The highest BCUT2D eigenvalue weighted by Crippen LogP contribution is 2.19. The molecule has 2 aromatic carbocycles. The van der Waals surface area contributed by atoms with Crippen molar-refractivity contribution in [3.63, 3.8) is 0 Å². The first kappa shape index (κ1) is 21.8. The molecule has 0 bridgehead atoms.